The van der Waals surface area contributed by atoms with E-state index in [-0.39, 0.29) is 17.4 Å². The minimum atomic E-state index is -0.356. The largest absolute Gasteiger partial charge is 0.420 e. The molecule has 3 heterocycles. The van der Waals surface area contributed by atoms with Crippen molar-refractivity contribution < 1.29 is 4.74 Å². The first-order valence-corrected chi connectivity index (χ1v) is 9.17. The monoisotopic (exact) mass is 390 g/mol. The zero-order valence-corrected chi connectivity index (χ0v) is 15.6. The number of ether oxygens (including phenoxy) is 1. The third-order valence-electron chi connectivity index (χ3n) is 4.89. The van der Waals surface area contributed by atoms with E-state index in [9.17, 15) is 4.79 Å². The van der Waals surface area contributed by atoms with E-state index in [1.165, 1.54) is 6.33 Å². The van der Waals surface area contributed by atoms with E-state index in [2.05, 4.69) is 9.97 Å². The molecular formula is C21H15ClN4O2. The molecule has 0 spiro atoms. The van der Waals surface area contributed by atoms with E-state index in [1.54, 1.807) is 4.68 Å². The maximum absolute atomic E-state index is 12.7. The van der Waals surface area contributed by atoms with E-state index in [4.69, 9.17) is 21.4 Å². The summed E-state index contributed by atoms with van der Waals surface area (Å²) in [5, 5.41) is 5.33. The fourth-order valence-electron chi connectivity index (χ4n) is 3.65. The molecule has 2 aromatic heterocycles. The minimum absolute atomic E-state index is 0.234. The molecule has 6 nitrogen and oxygen atoms in total. The lowest BCUT2D eigenvalue weighted by Gasteiger charge is -2.25. The second-order valence-corrected chi connectivity index (χ2v) is 7.03. The van der Waals surface area contributed by atoms with Gasteiger partial charge in [0, 0.05) is 5.02 Å². The minimum Gasteiger partial charge on any atom is -0.420 e. The molecule has 1 N–H and O–H groups in total. The number of para-hydroxylation sites is 1. The van der Waals surface area contributed by atoms with Gasteiger partial charge in [0.25, 0.3) is 5.56 Å². The Morgan fingerprint density at radius 2 is 1.82 bits per heavy atom. The molecule has 2 aromatic carbocycles. The van der Waals surface area contributed by atoms with Crippen molar-refractivity contribution in [3.63, 3.8) is 0 Å². The molecule has 7 heteroatoms. The Kier molecular flexibility index (Phi) is 3.80. The molecule has 0 saturated carbocycles. The second-order valence-electron chi connectivity index (χ2n) is 6.59. The summed E-state index contributed by atoms with van der Waals surface area (Å²) >= 11 is 6.08. The quantitative estimate of drug-likeness (QED) is 0.490. The Balaban J connectivity index is 1.80. The Labute approximate surface area is 165 Å². The highest BCUT2D eigenvalue weighted by molar-refractivity contribution is 6.30. The summed E-state index contributed by atoms with van der Waals surface area (Å²) < 4.78 is 7.83. The maximum Gasteiger partial charge on any atom is 0.258 e. The molecular weight excluding hydrogens is 376 g/mol. The number of aromatic nitrogens is 4. The lowest BCUT2D eigenvalue weighted by Crippen LogP contribution is -2.23. The molecule has 1 atom stereocenters. The molecule has 1 aliphatic heterocycles. The molecule has 0 saturated heterocycles. The van der Waals surface area contributed by atoms with Crippen molar-refractivity contribution in [2.45, 2.75) is 12.8 Å². The molecule has 28 heavy (non-hydrogen) atoms. The third-order valence-corrected chi connectivity index (χ3v) is 5.14. The van der Waals surface area contributed by atoms with Crippen LogP contribution >= 0.6 is 11.6 Å². The molecule has 4 aromatic rings. The van der Waals surface area contributed by atoms with Gasteiger partial charge < -0.3 is 9.72 Å². The number of nitrogens with zero attached hydrogens (tertiary/aromatic N) is 3. The fourth-order valence-corrected chi connectivity index (χ4v) is 3.77. The van der Waals surface area contributed by atoms with E-state index in [0.717, 1.165) is 22.5 Å². The maximum atomic E-state index is 12.7. The van der Waals surface area contributed by atoms with Gasteiger partial charge in [0.1, 0.15) is 0 Å². The average molecular weight is 391 g/mol. The number of fused-ring (bicyclic) bond motifs is 2. The van der Waals surface area contributed by atoms with Gasteiger partial charge in [-0.3, -0.25) is 4.79 Å². The lowest BCUT2D eigenvalue weighted by atomic mass is 9.85. The number of hydrogen-bond donors (Lipinski definition) is 1. The van der Waals surface area contributed by atoms with Crippen LogP contribution in [0.1, 0.15) is 28.3 Å². The summed E-state index contributed by atoms with van der Waals surface area (Å²) in [4.78, 5) is 19.6. The summed E-state index contributed by atoms with van der Waals surface area (Å²) in [6.07, 6.45) is 1.35. The normalized spacial score (nSPS) is 14.9. The van der Waals surface area contributed by atoms with Gasteiger partial charge in [-0.25, -0.2) is 9.67 Å². The summed E-state index contributed by atoms with van der Waals surface area (Å²) in [6.45, 7) is 1.92. The Morgan fingerprint density at radius 3 is 2.57 bits per heavy atom. The SMILES string of the molecule is Cc1nn(-c2ccccc2)c2c1C(c1ccc(Cl)cc1)c1c(nc[nH]c1=O)O2. The number of aromatic amines is 1. The van der Waals surface area contributed by atoms with Crippen LogP contribution in [0.3, 0.4) is 0 Å². The molecule has 0 bridgehead atoms. The predicted octanol–water partition coefficient (Wildman–Crippen LogP) is 4.20. The summed E-state index contributed by atoms with van der Waals surface area (Å²) in [5.74, 6) is 0.494. The number of hydrogen-bond acceptors (Lipinski definition) is 4. The molecule has 138 valence electrons. The second kappa shape index (κ2) is 6.35. The van der Waals surface area contributed by atoms with E-state index < -0.39 is 0 Å². The number of H-pyrrole nitrogens is 1. The summed E-state index contributed by atoms with van der Waals surface area (Å²) in [7, 11) is 0. The topological polar surface area (TPSA) is 72.8 Å². The van der Waals surface area contributed by atoms with Gasteiger partial charge in [-0.1, -0.05) is 41.9 Å². The molecule has 1 aliphatic rings. The molecule has 5 rings (SSSR count). The number of nitrogens with one attached hydrogen (secondary N) is 1. The van der Waals surface area contributed by atoms with Crippen molar-refractivity contribution in [3.05, 3.63) is 98.7 Å². The van der Waals surface area contributed by atoms with Crippen LogP contribution in [0.2, 0.25) is 5.02 Å². The third kappa shape index (κ3) is 2.53. The van der Waals surface area contributed by atoms with Crippen LogP contribution in [0.25, 0.3) is 5.69 Å². The number of rotatable bonds is 2. The van der Waals surface area contributed by atoms with Crippen molar-refractivity contribution in [2.24, 2.45) is 0 Å². The van der Waals surface area contributed by atoms with Gasteiger partial charge in [-0.15, -0.1) is 0 Å². The van der Waals surface area contributed by atoms with Crippen molar-refractivity contribution in [1.29, 1.82) is 0 Å². The van der Waals surface area contributed by atoms with Crippen LogP contribution in [0, 0.1) is 6.92 Å². The molecule has 1 unspecified atom stereocenters. The number of benzene rings is 2. The summed E-state index contributed by atoms with van der Waals surface area (Å²) in [6, 6.07) is 17.2. The van der Waals surface area contributed by atoms with Gasteiger partial charge in [-0.05, 0) is 36.8 Å². The molecule has 0 fully saturated rings. The molecule has 0 amide bonds. The average Bonchev–Trinajstić information content (AvgIpc) is 3.04. The first kappa shape index (κ1) is 16.8. The Hall–Kier alpha value is -3.38. The van der Waals surface area contributed by atoms with E-state index in [0.29, 0.717) is 16.5 Å². The predicted molar refractivity (Wildman–Crippen MR) is 106 cm³/mol. The first-order valence-electron chi connectivity index (χ1n) is 8.79. The zero-order chi connectivity index (χ0) is 19.3. The number of halogens is 1. The van der Waals surface area contributed by atoms with E-state index in [1.807, 2.05) is 61.5 Å². The van der Waals surface area contributed by atoms with Crippen LogP contribution in [-0.4, -0.2) is 19.7 Å². The van der Waals surface area contributed by atoms with Gasteiger partial charge in [-0.2, -0.15) is 5.10 Å². The zero-order valence-electron chi connectivity index (χ0n) is 14.9. The summed E-state index contributed by atoms with van der Waals surface area (Å²) in [5.41, 5.74) is 3.65. The van der Waals surface area contributed by atoms with Crippen LogP contribution in [0.5, 0.6) is 11.8 Å². The van der Waals surface area contributed by atoms with Gasteiger partial charge in [0.2, 0.25) is 11.8 Å². The van der Waals surface area contributed by atoms with Crippen LogP contribution in [-0.2, 0) is 0 Å². The van der Waals surface area contributed by atoms with Gasteiger partial charge in [0.15, 0.2) is 0 Å². The van der Waals surface area contributed by atoms with Gasteiger partial charge in [0.05, 0.1) is 34.8 Å². The van der Waals surface area contributed by atoms with Crippen molar-refractivity contribution in [1.82, 2.24) is 19.7 Å². The van der Waals surface area contributed by atoms with Crippen molar-refractivity contribution in [3.8, 4) is 17.4 Å². The standard InChI is InChI=1S/C21H15ClN4O2/c1-12-16-17(13-7-9-14(22)10-8-13)18-19(27)23-11-24-20(18)28-21(16)26(25-12)15-5-3-2-4-6-15/h2-11,17H,1H3,(H,23,24,27). The Bertz CT molecular complexity index is 1230. The molecule has 0 radical (unpaired) electrons. The highest BCUT2D eigenvalue weighted by Crippen LogP contribution is 2.47. The van der Waals surface area contributed by atoms with Gasteiger partial charge >= 0.3 is 0 Å². The van der Waals surface area contributed by atoms with Crippen LogP contribution in [0.4, 0.5) is 0 Å². The highest BCUT2D eigenvalue weighted by Gasteiger charge is 2.37. The fraction of sp³-hybridized carbons (Fsp3) is 0.0952. The first-order chi connectivity index (χ1) is 13.6. The highest BCUT2D eigenvalue weighted by atomic mass is 35.5. The molecule has 0 aliphatic carbocycles. The van der Waals surface area contributed by atoms with Crippen molar-refractivity contribution in [2.75, 3.05) is 0 Å². The van der Waals surface area contributed by atoms with Crippen LogP contribution in [0.15, 0.2) is 65.7 Å². The Morgan fingerprint density at radius 1 is 1.07 bits per heavy atom. The van der Waals surface area contributed by atoms with Crippen molar-refractivity contribution >= 4 is 11.6 Å². The van der Waals surface area contributed by atoms with E-state index >= 15 is 0 Å². The number of aryl methyl sites for hydroxylation is 1. The van der Waals surface area contributed by atoms with Crippen LogP contribution < -0.4 is 10.3 Å². The lowest BCUT2D eigenvalue weighted by molar-refractivity contribution is 0.400. The smallest absolute Gasteiger partial charge is 0.258 e.